The summed E-state index contributed by atoms with van der Waals surface area (Å²) in [5.41, 5.74) is 1.52. The van der Waals surface area contributed by atoms with E-state index in [0.29, 0.717) is 18.2 Å². The van der Waals surface area contributed by atoms with Gasteiger partial charge >= 0.3 is 0 Å². The minimum absolute atomic E-state index is 0.0787. The van der Waals surface area contributed by atoms with E-state index in [9.17, 15) is 13.2 Å². The maximum Gasteiger partial charge on any atom is 0.293 e. The Balaban J connectivity index is 1.51. The normalized spacial score (nSPS) is 15.0. The van der Waals surface area contributed by atoms with Crippen molar-refractivity contribution in [2.75, 3.05) is 18.4 Å². The van der Waals surface area contributed by atoms with E-state index in [1.165, 1.54) is 27.8 Å². The molecule has 1 fully saturated rings. The number of amides is 1. The molecule has 0 bridgehead atoms. The molecule has 0 aromatic carbocycles. The lowest BCUT2D eigenvalue weighted by molar-refractivity contribution is 0.0991. The van der Waals surface area contributed by atoms with Crippen LogP contribution >= 0.6 is 11.3 Å². The Morgan fingerprint density at radius 2 is 2.00 bits per heavy atom. The lowest BCUT2D eigenvalue weighted by Gasteiger charge is -2.12. The molecule has 28 heavy (non-hydrogen) atoms. The molecule has 3 aromatic rings. The predicted octanol–water partition coefficient (Wildman–Crippen LogP) is 3.14. The quantitative estimate of drug-likeness (QED) is 0.682. The Morgan fingerprint density at radius 1 is 1.21 bits per heavy atom. The lowest BCUT2D eigenvalue weighted by atomic mass is 10.3. The van der Waals surface area contributed by atoms with Crippen LogP contribution in [-0.2, 0) is 10.0 Å². The van der Waals surface area contributed by atoms with Gasteiger partial charge in [-0.3, -0.25) is 15.1 Å². The summed E-state index contributed by atoms with van der Waals surface area (Å²) in [6.07, 6.45) is 3.35. The molecule has 1 saturated heterocycles. The number of thiazole rings is 1. The molecule has 0 radical (unpaired) electrons. The van der Waals surface area contributed by atoms with Gasteiger partial charge in [0.1, 0.15) is 0 Å². The van der Waals surface area contributed by atoms with Gasteiger partial charge in [-0.1, -0.05) is 17.4 Å². The molecule has 1 aliphatic heterocycles. The molecule has 4 heterocycles. The van der Waals surface area contributed by atoms with Gasteiger partial charge in [-0.05, 0) is 44.0 Å². The van der Waals surface area contributed by atoms with Gasteiger partial charge in [0, 0.05) is 19.3 Å². The van der Waals surface area contributed by atoms with Crippen LogP contribution in [-0.4, -0.2) is 41.7 Å². The first kappa shape index (κ1) is 18.8. The number of anilines is 1. The van der Waals surface area contributed by atoms with E-state index in [4.69, 9.17) is 4.42 Å². The standard InChI is InChI=1S/C18H18N4O4S2/c1-12-16(13-6-2-3-9-19-13)27-18(20-12)21-17(23)14-7-8-15(26-14)28(24,25)22-10-4-5-11-22/h2-3,6-9H,4-5,10-11H2,1H3,(H,20,21,23). The molecule has 0 atom stereocenters. The van der Waals surface area contributed by atoms with Crippen LogP contribution in [0.2, 0.25) is 0 Å². The van der Waals surface area contributed by atoms with Crippen LogP contribution in [0.3, 0.4) is 0 Å². The average Bonchev–Trinajstić information content (AvgIpc) is 3.43. The third-order valence-corrected chi connectivity index (χ3v) is 7.25. The molecule has 0 aliphatic carbocycles. The first-order chi connectivity index (χ1) is 13.4. The van der Waals surface area contributed by atoms with Gasteiger partial charge < -0.3 is 4.42 Å². The highest BCUT2D eigenvalue weighted by atomic mass is 32.2. The summed E-state index contributed by atoms with van der Waals surface area (Å²) < 4.78 is 31.7. The van der Waals surface area contributed by atoms with Crippen molar-refractivity contribution in [3.63, 3.8) is 0 Å². The third-order valence-electron chi connectivity index (χ3n) is 4.38. The molecule has 1 amide bonds. The Kier molecular flexibility index (Phi) is 5.00. The summed E-state index contributed by atoms with van der Waals surface area (Å²) in [7, 11) is -3.70. The third kappa shape index (κ3) is 3.58. The lowest BCUT2D eigenvalue weighted by Crippen LogP contribution is -2.27. The van der Waals surface area contributed by atoms with Gasteiger partial charge in [-0.25, -0.2) is 13.4 Å². The molecule has 0 saturated carbocycles. The number of aryl methyl sites for hydroxylation is 1. The van der Waals surface area contributed by atoms with E-state index in [0.717, 1.165) is 29.1 Å². The highest BCUT2D eigenvalue weighted by Crippen LogP contribution is 2.31. The van der Waals surface area contributed by atoms with Gasteiger partial charge in [-0.15, -0.1) is 0 Å². The molecule has 1 N–H and O–H groups in total. The zero-order valence-electron chi connectivity index (χ0n) is 15.1. The van der Waals surface area contributed by atoms with Crippen LogP contribution in [0, 0.1) is 6.92 Å². The van der Waals surface area contributed by atoms with Crippen LogP contribution in [0.25, 0.3) is 10.6 Å². The van der Waals surface area contributed by atoms with Crippen LogP contribution in [0.1, 0.15) is 29.1 Å². The van der Waals surface area contributed by atoms with Crippen LogP contribution < -0.4 is 5.32 Å². The fourth-order valence-electron chi connectivity index (χ4n) is 2.98. The van der Waals surface area contributed by atoms with E-state index in [2.05, 4.69) is 15.3 Å². The fraction of sp³-hybridized carbons (Fsp3) is 0.278. The minimum atomic E-state index is -3.70. The number of sulfonamides is 1. The molecular formula is C18H18N4O4S2. The Labute approximate surface area is 166 Å². The van der Waals surface area contributed by atoms with Crippen molar-refractivity contribution in [3.8, 4) is 10.6 Å². The number of hydrogen-bond acceptors (Lipinski definition) is 7. The fourth-order valence-corrected chi connectivity index (χ4v) is 5.35. The first-order valence-electron chi connectivity index (χ1n) is 8.75. The van der Waals surface area contributed by atoms with Gasteiger partial charge in [0.05, 0.1) is 16.3 Å². The van der Waals surface area contributed by atoms with Crippen molar-refractivity contribution in [1.82, 2.24) is 14.3 Å². The van der Waals surface area contributed by atoms with Crippen molar-refractivity contribution in [2.45, 2.75) is 24.9 Å². The number of hydrogen-bond donors (Lipinski definition) is 1. The number of carbonyl (C=O) groups excluding carboxylic acids is 1. The number of rotatable bonds is 5. The summed E-state index contributed by atoms with van der Waals surface area (Å²) >= 11 is 1.29. The molecule has 3 aromatic heterocycles. The summed E-state index contributed by atoms with van der Waals surface area (Å²) in [5, 5.41) is 2.84. The topological polar surface area (TPSA) is 105 Å². The van der Waals surface area contributed by atoms with Crippen molar-refractivity contribution < 1.29 is 17.6 Å². The van der Waals surface area contributed by atoms with Gasteiger partial charge in [0.25, 0.3) is 15.9 Å². The zero-order chi connectivity index (χ0) is 19.7. The van der Waals surface area contributed by atoms with Crippen molar-refractivity contribution in [3.05, 3.63) is 48.0 Å². The second-order valence-electron chi connectivity index (χ2n) is 6.33. The number of nitrogens with one attached hydrogen (secondary N) is 1. The Hall–Kier alpha value is -2.56. The molecular weight excluding hydrogens is 400 g/mol. The molecule has 10 heteroatoms. The maximum atomic E-state index is 12.5. The van der Waals surface area contributed by atoms with Crippen LogP contribution in [0.4, 0.5) is 5.13 Å². The number of carbonyl (C=O) groups is 1. The zero-order valence-corrected chi connectivity index (χ0v) is 16.7. The minimum Gasteiger partial charge on any atom is -0.438 e. The van der Waals surface area contributed by atoms with Gasteiger partial charge in [0.2, 0.25) is 5.09 Å². The number of pyridine rings is 1. The second kappa shape index (κ2) is 7.46. The SMILES string of the molecule is Cc1nc(NC(=O)c2ccc(S(=O)(=O)N3CCCC3)o2)sc1-c1ccccn1. The molecule has 0 unspecified atom stereocenters. The van der Waals surface area contributed by atoms with E-state index >= 15 is 0 Å². The van der Waals surface area contributed by atoms with Crippen LogP contribution in [0.5, 0.6) is 0 Å². The monoisotopic (exact) mass is 418 g/mol. The van der Waals surface area contributed by atoms with E-state index in [-0.39, 0.29) is 10.9 Å². The highest BCUT2D eigenvalue weighted by molar-refractivity contribution is 7.89. The van der Waals surface area contributed by atoms with E-state index in [1.54, 1.807) is 6.20 Å². The second-order valence-corrected chi connectivity index (χ2v) is 9.20. The number of aromatic nitrogens is 2. The molecule has 146 valence electrons. The molecule has 1 aliphatic rings. The van der Waals surface area contributed by atoms with E-state index in [1.807, 2.05) is 25.1 Å². The molecule has 0 spiro atoms. The van der Waals surface area contributed by atoms with Crippen molar-refractivity contribution in [1.29, 1.82) is 0 Å². The van der Waals surface area contributed by atoms with E-state index < -0.39 is 15.9 Å². The average molecular weight is 419 g/mol. The number of nitrogens with zero attached hydrogens (tertiary/aromatic N) is 3. The summed E-state index contributed by atoms with van der Waals surface area (Å²) in [5.74, 6) is -0.630. The maximum absolute atomic E-state index is 12.5. The van der Waals surface area contributed by atoms with Crippen molar-refractivity contribution >= 4 is 32.4 Å². The highest BCUT2D eigenvalue weighted by Gasteiger charge is 2.30. The smallest absolute Gasteiger partial charge is 0.293 e. The van der Waals surface area contributed by atoms with Gasteiger partial charge in [0.15, 0.2) is 10.9 Å². The number of furan rings is 1. The summed E-state index contributed by atoms with van der Waals surface area (Å²) in [6, 6.07) is 8.25. The molecule has 4 rings (SSSR count). The first-order valence-corrected chi connectivity index (χ1v) is 11.0. The Bertz CT molecular complexity index is 1100. The molecule has 8 nitrogen and oxygen atoms in total. The Morgan fingerprint density at radius 3 is 2.71 bits per heavy atom. The van der Waals surface area contributed by atoms with Crippen molar-refractivity contribution in [2.24, 2.45) is 0 Å². The van der Waals surface area contributed by atoms with Crippen LogP contribution in [0.15, 0.2) is 46.0 Å². The van der Waals surface area contributed by atoms with Gasteiger partial charge in [-0.2, -0.15) is 4.31 Å². The largest absolute Gasteiger partial charge is 0.438 e. The summed E-state index contributed by atoms with van der Waals surface area (Å²) in [6.45, 7) is 2.78. The predicted molar refractivity (Wildman–Crippen MR) is 105 cm³/mol. The summed E-state index contributed by atoms with van der Waals surface area (Å²) in [4.78, 5) is 22.0.